The number of hydrogen-bond acceptors (Lipinski definition) is 13. The highest BCUT2D eigenvalue weighted by Gasteiger charge is 2.43. The third-order valence-corrected chi connectivity index (χ3v) is 16.2. The van der Waals surface area contributed by atoms with Crippen LogP contribution in [-0.4, -0.2) is 80.5 Å². The van der Waals surface area contributed by atoms with Crippen molar-refractivity contribution in [3.05, 3.63) is 152 Å². The van der Waals surface area contributed by atoms with Crippen molar-refractivity contribution in [3.63, 3.8) is 0 Å². The van der Waals surface area contributed by atoms with Crippen LogP contribution in [0.1, 0.15) is 45.2 Å². The molecule has 1 unspecified atom stereocenters. The van der Waals surface area contributed by atoms with Crippen LogP contribution in [-0.2, 0) is 55.1 Å². The van der Waals surface area contributed by atoms with Gasteiger partial charge in [-0.05, 0) is 101 Å². The third kappa shape index (κ3) is 11.8. The molecule has 8 rings (SSSR count). The van der Waals surface area contributed by atoms with Gasteiger partial charge in [0.2, 0.25) is 5.91 Å². The summed E-state index contributed by atoms with van der Waals surface area (Å²) in [6, 6.07) is 30.7. The zero-order valence-electron chi connectivity index (χ0n) is 37.4. The second-order valence-corrected chi connectivity index (χ2v) is 20.8. The minimum absolute atomic E-state index is 0.0264. The number of aromatic nitrogens is 1. The number of nitrogens with one attached hydrogen (secondary N) is 2. The van der Waals surface area contributed by atoms with Crippen LogP contribution in [0.15, 0.2) is 107 Å². The summed E-state index contributed by atoms with van der Waals surface area (Å²) in [6.45, 7) is 3.22. The van der Waals surface area contributed by atoms with Crippen LogP contribution in [0.2, 0.25) is 10.0 Å². The number of alkyl halides is 1. The number of halogens is 3. The second kappa shape index (κ2) is 22.4. The van der Waals surface area contributed by atoms with Gasteiger partial charge in [0.25, 0.3) is 10.0 Å². The molecule has 19 heteroatoms. The first-order valence-corrected chi connectivity index (χ1v) is 25.9. The standard InChI is InChI=1S/C50H46BrCl2N5O9S2/c1-30-49(68-50(56-30)55-18-20-64-19-17-51)69(61,62)58-27-38-25-45-44(66-29-46(67-45)36-12-14-39(15-13-36)65-28-33-7-16-40(52)41(53)21-33)24-37(38)23-43(58)47(59)57-42(48(60)63-2)22-31-3-8-34(9-4-31)35-10-5-32(26-54)6-11-35/h3-16,21,24-25,42-43,46H,17-20,22-23,27-29H2,1-2H3,(H,55,56)(H,57,59)/t42-,43?,46+/m0/s1. The predicted octanol–water partition coefficient (Wildman–Crippen LogP) is 9.23. The Morgan fingerprint density at radius 3 is 2.35 bits per heavy atom. The summed E-state index contributed by atoms with van der Waals surface area (Å²) >= 11 is 16.5. The van der Waals surface area contributed by atoms with Gasteiger partial charge in [0.05, 0.1) is 47.7 Å². The number of ether oxygens (including phenoxy) is 5. The maximum absolute atomic E-state index is 14.9. The molecule has 0 saturated heterocycles. The Hall–Kier alpha value is -5.71. The molecule has 69 heavy (non-hydrogen) atoms. The zero-order valence-corrected chi connectivity index (χ0v) is 42.1. The Bertz CT molecular complexity index is 2970. The lowest BCUT2D eigenvalue weighted by molar-refractivity contribution is -0.145. The molecule has 2 aliphatic rings. The van der Waals surface area contributed by atoms with Crippen LogP contribution in [0, 0.1) is 18.3 Å². The predicted molar refractivity (Wildman–Crippen MR) is 267 cm³/mol. The number of esters is 1. The molecule has 0 bridgehead atoms. The molecule has 0 saturated carbocycles. The third-order valence-electron chi connectivity index (χ3n) is 11.5. The Morgan fingerprint density at radius 1 is 0.942 bits per heavy atom. The Morgan fingerprint density at radius 2 is 1.65 bits per heavy atom. The van der Waals surface area contributed by atoms with Crippen molar-refractivity contribution in [2.75, 3.05) is 44.1 Å². The van der Waals surface area contributed by atoms with E-state index in [4.69, 9.17) is 46.9 Å². The molecule has 14 nitrogen and oxygen atoms in total. The van der Waals surface area contributed by atoms with E-state index >= 15 is 0 Å². The number of anilines is 1. The maximum atomic E-state index is 14.9. The maximum Gasteiger partial charge on any atom is 0.328 e. The van der Waals surface area contributed by atoms with Gasteiger partial charge >= 0.3 is 5.97 Å². The SMILES string of the molecule is COC(=O)[C@H](Cc1ccc(-c2ccc(C#N)cc2)cc1)NC(=O)C1Cc2cc3c(cc2CN1S(=O)(=O)c1sc(NCCOCCBr)nc1C)O[C@@H](c1ccc(OCc2ccc(Cl)c(Cl)c2)cc1)CO3. The van der Waals surface area contributed by atoms with Crippen LogP contribution in [0.3, 0.4) is 0 Å². The number of methoxy groups -OCH3 is 1. The molecule has 0 aliphatic carbocycles. The number of rotatable bonds is 18. The minimum atomic E-state index is -4.39. The summed E-state index contributed by atoms with van der Waals surface area (Å²) in [5, 5.41) is 17.2. The van der Waals surface area contributed by atoms with Crippen molar-refractivity contribution in [1.82, 2.24) is 14.6 Å². The number of benzene rings is 5. The number of carbonyl (C=O) groups is 2. The van der Waals surface area contributed by atoms with Crippen LogP contribution >= 0.6 is 50.5 Å². The number of aryl methyl sites for hydroxylation is 1. The summed E-state index contributed by atoms with van der Waals surface area (Å²) in [5.74, 6) is 0.135. The average Bonchev–Trinajstić information content (AvgIpc) is 3.76. The number of thiazole rings is 1. The lowest BCUT2D eigenvalue weighted by atomic mass is 9.93. The summed E-state index contributed by atoms with van der Waals surface area (Å²) in [5.41, 5.74) is 6.35. The van der Waals surface area contributed by atoms with Gasteiger partial charge < -0.3 is 34.3 Å². The van der Waals surface area contributed by atoms with Gasteiger partial charge in [-0.25, -0.2) is 18.2 Å². The molecule has 3 heterocycles. The van der Waals surface area contributed by atoms with E-state index in [-0.39, 0.29) is 35.9 Å². The lowest BCUT2D eigenvalue weighted by Gasteiger charge is -2.36. The highest BCUT2D eigenvalue weighted by atomic mass is 79.9. The average molecular weight is 1080 g/mol. The van der Waals surface area contributed by atoms with E-state index in [0.717, 1.165) is 39.2 Å². The first-order valence-electron chi connectivity index (χ1n) is 21.8. The first kappa shape index (κ1) is 49.7. The smallest absolute Gasteiger partial charge is 0.328 e. The molecule has 3 atom stereocenters. The van der Waals surface area contributed by atoms with Crippen LogP contribution in [0.4, 0.5) is 5.13 Å². The van der Waals surface area contributed by atoms with Gasteiger partial charge in [-0.3, -0.25) is 4.79 Å². The molecule has 0 spiro atoms. The Kier molecular flexibility index (Phi) is 16.1. The largest absolute Gasteiger partial charge is 0.489 e. The fraction of sp³-hybridized carbons (Fsp3) is 0.280. The van der Waals surface area contributed by atoms with Crippen molar-refractivity contribution in [2.45, 2.75) is 55.3 Å². The summed E-state index contributed by atoms with van der Waals surface area (Å²) in [7, 11) is -3.16. The van der Waals surface area contributed by atoms with E-state index in [1.165, 1.54) is 11.4 Å². The van der Waals surface area contributed by atoms with Gasteiger partial charge in [0.15, 0.2) is 26.9 Å². The molecule has 2 N–H and O–H groups in total. The topological polar surface area (TPSA) is 178 Å². The van der Waals surface area contributed by atoms with Gasteiger partial charge in [0, 0.05) is 24.8 Å². The number of sulfonamides is 1. The number of hydrogen-bond donors (Lipinski definition) is 2. The monoisotopic (exact) mass is 1070 g/mol. The Balaban J connectivity index is 1.03. The highest BCUT2D eigenvalue weighted by Crippen LogP contribution is 2.43. The number of fused-ring (bicyclic) bond motifs is 2. The van der Waals surface area contributed by atoms with Crippen molar-refractivity contribution in [1.29, 1.82) is 5.26 Å². The Labute approximate surface area is 422 Å². The number of carbonyl (C=O) groups excluding carboxylic acids is 2. The summed E-state index contributed by atoms with van der Waals surface area (Å²) in [6.07, 6.45) is -0.455. The number of amides is 1. The number of nitrogens with zero attached hydrogens (tertiary/aromatic N) is 3. The van der Waals surface area contributed by atoms with Gasteiger partial charge in [-0.2, -0.15) is 9.57 Å². The van der Waals surface area contributed by atoms with Crippen LogP contribution in [0.5, 0.6) is 17.2 Å². The minimum Gasteiger partial charge on any atom is -0.489 e. The molecule has 6 aromatic rings. The van der Waals surface area contributed by atoms with Gasteiger partial charge in [0.1, 0.15) is 31.0 Å². The molecule has 5 aromatic carbocycles. The van der Waals surface area contributed by atoms with Gasteiger partial charge in [-0.15, -0.1) is 0 Å². The second-order valence-electron chi connectivity index (χ2n) is 16.2. The van der Waals surface area contributed by atoms with E-state index in [1.807, 2.05) is 66.7 Å². The molecule has 2 aliphatic heterocycles. The molecule has 0 radical (unpaired) electrons. The fourth-order valence-electron chi connectivity index (χ4n) is 7.94. The van der Waals surface area contributed by atoms with Gasteiger partial charge in [-0.1, -0.05) is 105 Å². The summed E-state index contributed by atoms with van der Waals surface area (Å²) in [4.78, 5) is 32.4. The normalized spacial score (nSPS) is 15.9. The van der Waals surface area contributed by atoms with E-state index in [0.29, 0.717) is 80.8 Å². The molecule has 1 aromatic heterocycles. The van der Waals surface area contributed by atoms with Crippen LogP contribution in [0.25, 0.3) is 11.1 Å². The van der Waals surface area contributed by atoms with E-state index in [1.54, 1.807) is 43.3 Å². The molecular formula is C50H46BrCl2N5O9S2. The van der Waals surface area contributed by atoms with Crippen LogP contribution < -0.4 is 24.8 Å². The fourth-order valence-corrected chi connectivity index (χ4v) is 11.6. The molecule has 358 valence electrons. The number of nitriles is 1. The van der Waals surface area contributed by atoms with Crippen molar-refractivity contribution in [3.8, 4) is 34.4 Å². The first-order chi connectivity index (χ1) is 33.3. The molecule has 1 amide bonds. The lowest BCUT2D eigenvalue weighted by Crippen LogP contribution is -2.56. The summed E-state index contributed by atoms with van der Waals surface area (Å²) < 4.78 is 60.3. The highest BCUT2D eigenvalue weighted by molar-refractivity contribution is 9.09. The zero-order chi connectivity index (χ0) is 48.7. The van der Waals surface area contributed by atoms with Crippen molar-refractivity contribution < 1.29 is 41.7 Å². The van der Waals surface area contributed by atoms with E-state index < -0.39 is 40.1 Å². The molecular weight excluding hydrogens is 1030 g/mol. The van der Waals surface area contributed by atoms with Crippen molar-refractivity contribution in [2.24, 2.45) is 0 Å². The quantitative estimate of drug-likeness (QED) is 0.0475. The van der Waals surface area contributed by atoms with E-state index in [2.05, 4.69) is 37.6 Å². The molecule has 0 fully saturated rings. The van der Waals surface area contributed by atoms with Crippen molar-refractivity contribution >= 4 is 77.5 Å². The van der Waals surface area contributed by atoms with E-state index in [9.17, 15) is 23.3 Å².